The van der Waals surface area contributed by atoms with Crippen LogP contribution in [-0.2, 0) is 9.53 Å². The topological polar surface area (TPSA) is 26.3 Å². The molecule has 2 heteroatoms. The Hall–Kier alpha value is -0.530. The van der Waals surface area contributed by atoms with E-state index in [4.69, 9.17) is 4.74 Å². The van der Waals surface area contributed by atoms with Gasteiger partial charge in [-0.2, -0.15) is 0 Å². The molecule has 1 fully saturated rings. The molecule has 0 aromatic rings. The Bertz CT molecular complexity index is 313. The fraction of sp³-hybridized carbons (Fsp3) is 0.941. The van der Waals surface area contributed by atoms with Crippen molar-refractivity contribution in [2.24, 2.45) is 16.2 Å². The highest BCUT2D eigenvalue weighted by Gasteiger charge is 2.48. The number of carbonyl (C=O) groups excluding carboxylic acids is 1. The molecule has 1 saturated carbocycles. The Labute approximate surface area is 119 Å². The van der Waals surface area contributed by atoms with Crippen LogP contribution in [0.4, 0.5) is 0 Å². The molecule has 2 nitrogen and oxygen atoms in total. The molecule has 1 atom stereocenters. The summed E-state index contributed by atoms with van der Waals surface area (Å²) in [6.07, 6.45) is 5.50. The van der Waals surface area contributed by atoms with E-state index in [-0.39, 0.29) is 22.9 Å². The van der Waals surface area contributed by atoms with Gasteiger partial charge in [-0.3, -0.25) is 4.79 Å². The summed E-state index contributed by atoms with van der Waals surface area (Å²) in [6, 6.07) is 0. The maximum Gasteiger partial charge on any atom is 0.312 e. The van der Waals surface area contributed by atoms with Gasteiger partial charge in [0.05, 0.1) is 5.41 Å². The summed E-state index contributed by atoms with van der Waals surface area (Å²) in [5.74, 6) is 0.00169. The minimum Gasteiger partial charge on any atom is -0.462 e. The lowest BCUT2D eigenvalue weighted by molar-refractivity contribution is -0.170. The molecule has 0 bridgehead atoms. The molecule has 112 valence electrons. The minimum absolute atomic E-state index is 0.00169. The van der Waals surface area contributed by atoms with Crippen molar-refractivity contribution >= 4 is 5.97 Å². The average Bonchev–Trinajstić information content (AvgIpc) is 2.65. The van der Waals surface area contributed by atoms with E-state index < -0.39 is 5.41 Å². The molecule has 1 aliphatic carbocycles. The highest BCUT2D eigenvalue weighted by atomic mass is 16.5. The second-order valence-electron chi connectivity index (χ2n) is 8.63. The van der Waals surface area contributed by atoms with Crippen molar-refractivity contribution in [2.75, 3.05) is 0 Å². The molecule has 0 aromatic heterocycles. The highest BCUT2D eigenvalue weighted by molar-refractivity contribution is 5.77. The van der Waals surface area contributed by atoms with E-state index in [1.807, 2.05) is 0 Å². The predicted octanol–water partition coefficient (Wildman–Crippen LogP) is 4.96. The van der Waals surface area contributed by atoms with Crippen molar-refractivity contribution in [1.82, 2.24) is 0 Å². The first kappa shape index (κ1) is 16.5. The average molecular weight is 268 g/mol. The van der Waals surface area contributed by atoms with Crippen LogP contribution in [0.5, 0.6) is 0 Å². The molecule has 0 saturated heterocycles. The molecule has 0 amide bonds. The Balaban J connectivity index is 2.86. The van der Waals surface area contributed by atoms with Crippen molar-refractivity contribution in [3.8, 4) is 0 Å². The summed E-state index contributed by atoms with van der Waals surface area (Å²) in [5.41, 5.74) is -0.388. The van der Waals surface area contributed by atoms with E-state index in [0.717, 1.165) is 19.3 Å². The van der Waals surface area contributed by atoms with Crippen LogP contribution in [0.15, 0.2) is 0 Å². The van der Waals surface area contributed by atoms with Crippen molar-refractivity contribution in [2.45, 2.75) is 86.7 Å². The molecule has 0 aliphatic heterocycles. The molecule has 0 spiro atoms. The molecule has 0 N–H and O–H groups in total. The number of hydrogen-bond acceptors (Lipinski definition) is 2. The molecule has 1 unspecified atom stereocenters. The number of ether oxygens (including phenoxy) is 1. The van der Waals surface area contributed by atoms with Gasteiger partial charge in [-0.15, -0.1) is 0 Å². The van der Waals surface area contributed by atoms with Gasteiger partial charge in [0.15, 0.2) is 0 Å². The van der Waals surface area contributed by atoms with Crippen LogP contribution in [0.2, 0.25) is 0 Å². The van der Waals surface area contributed by atoms with Crippen LogP contribution in [0.25, 0.3) is 0 Å². The number of carbonyl (C=O) groups is 1. The van der Waals surface area contributed by atoms with Crippen molar-refractivity contribution in [3.63, 3.8) is 0 Å². The Kier molecular flexibility index (Phi) is 4.75. The normalized spacial score (nSPS) is 21.2. The third-order valence-corrected chi connectivity index (χ3v) is 4.57. The largest absolute Gasteiger partial charge is 0.462 e. The smallest absolute Gasteiger partial charge is 0.312 e. The quantitative estimate of drug-likeness (QED) is 0.676. The summed E-state index contributed by atoms with van der Waals surface area (Å²) in [5, 5.41) is 0. The fourth-order valence-corrected chi connectivity index (χ4v) is 2.99. The van der Waals surface area contributed by atoms with Crippen molar-refractivity contribution in [1.29, 1.82) is 0 Å². The van der Waals surface area contributed by atoms with E-state index in [1.54, 1.807) is 0 Å². The molecular formula is C17H32O2. The molecule has 0 aromatic carbocycles. The fourth-order valence-electron chi connectivity index (χ4n) is 2.99. The standard InChI is InChI=1S/C17H32O2/c1-15(2,3)12-17(7,16(4,5)6)14(18)19-13-10-8-9-11-13/h13H,8-12H2,1-7H3. The summed E-state index contributed by atoms with van der Waals surface area (Å²) in [6.45, 7) is 15.1. The van der Waals surface area contributed by atoms with Gasteiger partial charge in [-0.25, -0.2) is 0 Å². The highest BCUT2D eigenvalue weighted by Crippen LogP contribution is 2.47. The van der Waals surface area contributed by atoms with Crippen LogP contribution in [-0.4, -0.2) is 12.1 Å². The van der Waals surface area contributed by atoms with Crippen molar-refractivity contribution < 1.29 is 9.53 Å². The zero-order valence-corrected chi connectivity index (χ0v) is 13.9. The van der Waals surface area contributed by atoms with Gasteiger partial charge >= 0.3 is 5.97 Å². The SMILES string of the molecule is CC(C)(C)CC(C)(C(=O)OC1CCCC1)C(C)(C)C. The van der Waals surface area contributed by atoms with E-state index in [2.05, 4.69) is 48.5 Å². The maximum absolute atomic E-state index is 12.7. The Morgan fingerprint density at radius 3 is 1.84 bits per heavy atom. The second-order valence-corrected chi connectivity index (χ2v) is 8.63. The zero-order valence-electron chi connectivity index (χ0n) is 13.9. The molecule has 19 heavy (non-hydrogen) atoms. The first-order chi connectivity index (χ1) is 8.46. The van der Waals surface area contributed by atoms with Crippen LogP contribution in [0, 0.1) is 16.2 Å². The van der Waals surface area contributed by atoms with Gasteiger partial charge in [-0.1, -0.05) is 41.5 Å². The van der Waals surface area contributed by atoms with Gasteiger partial charge < -0.3 is 4.74 Å². The first-order valence-corrected chi connectivity index (χ1v) is 7.67. The maximum atomic E-state index is 12.7. The van der Waals surface area contributed by atoms with Crippen LogP contribution in [0.3, 0.4) is 0 Å². The lowest BCUT2D eigenvalue weighted by Crippen LogP contribution is -2.45. The summed E-state index contributed by atoms with van der Waals surface area (Å²) < 4.78 is 5.81. The van der Waals surface area contributed by atoms with Crippen LogP contribution >= 0.6 is 0 Å². The molecule has 1 aliphatic rings. The van der Waals surface area contributed by atoms with E-state index in [9.17, 15) is 4.79 Å². The third-order valence-electron chi connectivity index (χ3n) is 4.57. The predicted molar refractivity (Wildman–Crippen MR) is 80.0 cm³/mol. The van der Waals surface area contributed by atoms with Gasteiger partial charge in [0.1, 0.15) is 6.10 Å². The lowest BCUT2D eigenvalue weighted by atomic mass is 9.61. The summed E-state index contributed by atoms with van der Waals surface area (Å²) >= 11 is 0. The summed E-state index contributed by atoms with van der Waals surface area (Å²) in [7, 11) is 0. The molecular weight excluding hydrogens is 236 g/mol. The lowest BCUT2D eigenvalue weighted by Gasteiger charge is -2.43. The van der Waals surface area contributed by atoms with Crippen molar-refractivity contribution in [3.05, 3.63) is 0 Å². The van der Waals surface area contributed by atoms with Crippen LogP contribution in [0.1, 0.15) is 80.6 Å². The van der Waals surface area contributed by atoms with E-state index in [1.165, 1.54) is 12.8 Å². The first-order valence-electron chi connectivity index (χ1n) is 7.67. The second kappa shape index (κ2) is 5.46. The third kappa shape index (κ3) is 4.22. The van der Waals surface area contributed by atoms with E-state index in [0.29, 0.717) is 0 Å². The molecule has 1 rings (SSSR count). The van der Waals surface area contributed by atoms with Gasteiger partial charge in [-0.05, 0) is 49.9 Å². The van der Waals surface area contributed by atoms with Gasteiger partial charge in [0.25, 0.3) is 0 Å². The monoisotopic (exact) mass is 268 g/mol. The van der Waals surface area contributed by atoms with Gasteiger partial charge in [0, 0.05) is 0 Å². The summed E-state index contributed by atoms with van der Waals surface area (Å²) in [4.78, 5) is 12.7. The zero-order chi connectivity index (χ0) is 14.9. The van der Waals surface area contributed by atoms with Crippen LogP contribution < -0.4 is 0 Å². The minimum atomic E-state index is -0.423. The van der Waals surface area contributed by atoms with E-state index >= 15 is 0 Å². The van der Waals surface area contributed by atoms with Gasteiger partial charge in [0.2, 0.25) is 0 Å². The number of hydrogen-bond donors (Lipinski definition) is 0. The molecule has 0 radical (unpaired) electrons. The number of esters is 1. The Morgan fingerprint density at radius 2 is 1.47 bits per heavy atom. The number of rotatable bonds is 3. The Morgan fingerprint density at radius 1 is 1.00 bits per heavy atom. The molecule has 0 heterocycles.